The summed E-state index contributed by atoms with van der Waals surface area (Å²) in [5.41, 5.74) is 2.08. The zero-order chi connectivity index (χ0) is 16.3. The van der Waals surface area contributed by atoms with Crippen molar-refractivity contribution in [3.05, 3.63) is 36.0 Å². The second-order valence-corrected chi connectivity index (χ2v) is 4.75. The fraction of sp³-hybridized carbons (Fsp3) is 0.438. The molecule has 0 fully saturated rings. The number of nitrogens with zero attached hydrogens (tertiary/aromatic N) is 1. The largest absolute Gasteiger partial charge is 0.338 e. The van der Waals surface area contributed by atoms with Gasteiger partial charge in [-0.1, -0.05) is 30.4 Å². The Kier molecular flexibility index (Phi) is 9.50. The molecule has 0 aliphatic carbocycles. The van der Waals surface area contributed by atoms with Crippen LogP contribution in [0.15, 0.2) is 36.0 Å². The van der Waals surface area contributed by atoms with Gasteiger partial charge in [-0.3, -0.25) is 19.7 Å². The van der Waals surface area contributed by atoms with E-state index in [1.54, 1.807) is 11.0 Å². The summed E-state index contributed by atoms with van der Waals surface area (Å²) in [4.78, 5) is 34.3. The lowest BCUT2D eigenvalue weighted by molar-refractivity contribution is -0.126. The van der Waals surface area contributed by atoms with Crippen LogP contribution in [0.5, 0.6) is 0 Å². The van der Waals surface area contributed by atoms with Crippen molar-refractivity contribution in [1.29, 1.82) is 0 Å². The number of hydrogen-bond acceptors (Lipinski definition) is 3. The number of allylic oxidation sites excluding steroid dienone is 3. The highest BCUT2D eigenvalue weighted by molar-refractivity contribution is 5.85. The van der Waals surface area contributed by atoms with Crippen LogP contribution in [0.25, 0.3) is 0 Å². The van der Waals surface area contributed by atoms with Crippen LogP contribution < -0.4 is 5.32 Å². The van der Waals surface area contributed by atoms with Crippen molar-refractivity contribution in [2.45, 2.75) is 39.7 Å². The highest BCUT2D eigenvalue weighted by atomic mass is 16.2. The minimum atomic E-state index is -0.339. The molecule has 5 nitrogen and oxygen atoms in total. The summed E-state index contributed by atoms with van der Waals surface area (Å²) in [6, 6.07) is -0.0993. The second kappa shape index (κ2) is 10.6. The highest BCUT2D eigenvalue weighted by Crippen LogP contribution is 2.14. The molecule has 0 saturated carbocycles. The number of nitrogens with one attached hydrogen (secondary N) is 1. The molecule has 0 bridgehead atoms. The Morgan fingerprint density at radius 3 is 2.52 bits per heavy atom. The van der Waals surface area contributed by atoms with Crippen molar-refractivity contribution in [3.63, 3.8) is 0 Å². The van der Waals surface area contributed by atoms with Crippen LogP contribution in [0.3, 0.4) is 0 Å². The molecule has 1 unspecified atom stereocenters. The lowest BCUT2D eigenvalue weighted by Gasteiger charge is -2.26. The quantitative estimate of drug-likeness (QED) is 0.494. The number of carbonyl (C=O) groups is 3. The molecule has 0 rings (SSSR count). The first kappa shape index (κ1) is 18.8. The average Bonchev–Trinajstić information content (AvgIpc) is 2.48. The second-order valence-electron chi connectivity index (χ2n) is 4.75. The molecule has 21 heavy (non-hydrogen) atoms. The Morgan fingerprint density at radius 2 is 2.05 bits per heavy atom. The summed E-state index contributed by atoms with van der Waals surface area (Å²) in [6.45, 7) is 9.92. The van der Waals surface area contributed by atoms with E-state index in [0.29, 0.717) is 19.4 Å². The van der Waals surface area contributed by atoms with Crippen LogP contribution in [0.2, 0.25) is 0 Å². The molecule has 0 aliphatic rings. The van der Waals surface area contributed by atoms with Crippen molar-refractivity contribution in [2.75, 3.05) is 6.54 Å². The van der Waals surface area contributed by atoms with E-state index in [4.69, 9.17) is 0 Å². The molecule has 3 amide bonds. The Morgan fingerprint density at radius 1 is 1.38 bits per heavy atom. The number of hydrogen-bond donors (Lipinski definition) is 1. The maximum absolute atomic E-state index is 11.3. The van der Waals surface area contributed by atoms with Crippen LogP contribution in [0, 0.1) is 0 Å². The average molecular weight is 292 g/mol. The summed E-state index contributed by atoms with van der Waals surface area (Å²) in [5.74, 6) is -0.339. The molecule has 0 aliphatic heterocycles. The van der Waals surface area contributed by atoms with Gasteiger partial charge in [0.2, 0.25) is 18.7 Å². The van der Waals surface area contributed by atoms with Gasteiger partial charge in [-0.05, 0) is 32.8 Å². The number of imide groups is 1. The van der Waals surface area contributed by atoms with Gasteiger partial charge >= 0.3 is 0 Å². The zero-order valence-corrected chi connectivity index (χ0v) is 13.0. The molecule has 5 heteroatoms. The van der Waals surface area contributed by atoms with Gasteiger partial charge in [0.05, 0.1) is 0 Å². The summed E-state index contributed by atoms with van der Waals surface area (Å²) in [5, 5.41) is 2.09. The molecule has 0 aromatic heterocycles. The van der Waals surface area contributed by atoms with Gasteiger partial charge in [0, 0.05) is 19.0 Å². The van der Waals surface area contributed by atoms with E-state index in [9.17, 15) is 14.4 Å². The molecular formula is C16H24N2O3. The van der Waals surface area contributed by atoms with E-state index >= 15 is 0 Å². The number of carbonyl (C=O) groups excluding carboxylic acids is 3. The highest BCUT2D eigenvalue weighted by Gasteiger charge is 2.15. The van der Waals surface area contributed by atoms with Crippen LogP contribution in [-0.4, -0.2) is 36.2 Å². The first-order chi connectivity index (χ1) is 9.99. The van der Waals surface area contributed by atoms with Crippen LogP contribution in [0.4, 0.5) is 0 Å². The topological polar surface area (TPSA) is 66.5 Å². The Balaban J connectivity index is 4.71. The third-order valence-electron chi connectivity index (χ3n) is 3.32. The molecule has 0 aromatic rings. The third kappa shape index (κ3) is 7.25. The molecule has 1 atom stereocenters. The van der Waals surface area contributed by atoms with Crippen molar-refractivity contribution in [2.24, 2.45) is 0 Å². The van der Waals surface area contributed by atoms with E-state index in [0.717, 1.165) is 17.6 Å². The van der Waals surface area contributed by atoms with Gasteiger partial charge in [-0.25, -0.2) is 0 Å². The molecule has 0 radical (unpaired) electrons. The monoisotopic (exact) mass is 292 g/mol. The number of rotatable bonds is 10. The Hall–Kier alpha value is -2.17. The minimum Gasteiger partial charge on any atom is -0.338 e. The molecule has 0 saturated heterocycles. The Labute approximate surface area is 126 Å². The Bertz CT molecular complexity index is 439. The third-order valence-corrected chi connectivity index (χ3v) is 3.32. The van der Waals surface area contributed by atoms with E-state index in [1.807, 2.05) is 32.9 Å². The predicted octanol–water partition coefficient (Wildman–Crippen LogP) is 1.96. The van der Waals surface area contributed by atoms with E-state index < -0.39 is 0 Å². The van der Waals surface area contributed by atoms with Crippen LogP contribution >= 0.6 is 0 Å². The van der Waals surface area contributed by atoms with Crippen molar-refractivity contribution in [3.8, 4) is 0 Å². The fourth-order valence-corrected chi connectivity index (χ4v) is 1.77. The standard InChI is InChI=1S/C16H24N2O3/c1-5-7-15(13(3)6-2)10-18(12-20)14(4)8-9-16(21)17-11-19/h5-7,11-12,14H,1,8-10H2,2-4H3,(H,17,19,21)/b13-6-,15-7-. The van der Waals surface area contributed by atoms with Gasteiger partial charge in [0.25, 0.3) is 0 Å². The summed E-state index contributed by atoms with van der Waals surface area (Å²) >= 11 is 0. The lowest BCUT2D eigenvalue weighted by atomic mass is 10.0. The fourth-order valence-electron chi connectivity index (χ4n) is 1.77. The van der Waals surface area contributed by atoms with Crippen molar-refractivity contribution in [1.82, 2.24) is 10.2 Å². The SMILES string of the molecule is C=C/C=C(CN(C=O)C(C)CCC(=O)NC=O)\C(C)=C/C. The molecule has 116 valence electrons. The smallest absolute Gasteiger partial charge is 0.226 e. The predicted molar refractivity (Wildman–Crippen MR) is 83.4 cm³/mol. The van der Waals surface area contributed by atoms with Crippen molar-refractivity contribution >= 4 is 18.7 Å². The van der Waals surface area contributed by atoms with Gasteiger partial charge < -0.3 is 4.90 Å². The first-order valence-corrected chi connectivity index (χ1v) is 6.89. The molecular weight excluding hydrogens is 268 g/mol. The van der Waals surface area contributed by atoms with Crippen LogP contribution in [-0.2, 0) is 14.4 Å². The van der Waals surface area contributed by atoms with Gasteiger partial charge in [-0.2, -0.15) is 0 Å². The molecule has 0 aromatic carbocycles. The first-order valence-electron chi connectivity index (χ1n) is 6.89. The summed E-state index contributed by atoms with van der Waals surface area (Å²) < 4.78 is 0. The zero-order valence-electron chi connectivity index (χ0n) is 13.0. The van der Waals surface area contributed by atoms with E-state index in [1.165, 1.54) is 0 Å². The van der Waals surface area contributed by atoms with Gasteiger partial charge in [-0.15, -0.1) is 0 Å². The van der Waals surface area contributed by atoms with E-state index in [-0.39, 0.29) is 18.4 Å². The normalized spacial score (nSPS) is 13.3. The maximum atomic E-state index is 11.3. The van der Waals surface area contributed by atoms with E-state index in [2.05, 4.69) is 11.9 Å². The van der Waals surface area contributed by atoms with Gasteiger partial charge in [0.15, 0.2) is 0 Å². The van der Waals surface area contributed by atoms with Gasteiger partial charge in [0.1, 0.15) is 0 Å². The maximum Gasteiger partial charge on any atom is 0.226 e. The summed E-state index contributed by atoms with van der Waals surface area (Å²) in [7, 11) is 0. The summed E-state index contributed by atoms with van der Waals surface area (Å²) in [6.07, 6.45) is 7.38. The minimum absolute atomic E-state index is 0.0993. The lowest BCUT2D eigenvalue weighted by Crippen LogP contribution is -2.35. The molecule has 0 heterocycles. The van der Waals surface area contributed by atoms with Crippen LogP contribution in [0.1, 0.15) is 33.6 Å². The van der Waals surface area contributed by atoms with Crippen molar-refractivity contribution < 1.29 is 14.4 Å². The molecule has 1 N–H and O–H groups in total. The number of amides is 3. The molecule has 0 spiro atoms.